The van der Waals surface area contributed by atoms with Gasteiger partial charge in [-0.3, -0.25) is 0 Å². The zero-order chi connectivity index (χ0) is 14.9. The van der Waals surface area contributed by atoms with Crippen molar-refractivity contribution in [3.63, 3.8) is 0 Å². The van der Waals surface area contributed by atoms with Gasteiger partial charge >= 0.3 is 0 Å². The molecule has 0 atom stereocenters. The fraction of sp³-hybridized carbons (Fsp3) is 0.500. The third-order valence-electron chi connectivity index (χ3n) is 2.93. The summed E-state index contributed by atoms with van der Waals surface area (Å²) >= 11 is 3.62. The predicted molar refractivity (Wildman–Crippen MR) is 84.8 cm³/mol. The van der Waals surface area contributed by atoms with Crippen LogP contribution < -0.4 is 5.32 Å². The molecule has 20 heavy (non-hydrogen) atoms. The van der Waals surface area contributed by atoms with E-state index in [0.29, 0.717) is 5.82 Å². The van der Waals surface area contributed by atoms with Crippen LogP contribution in [-0.4, -0.2) is 26.1 Å². The molecule has 0 fully saturated rings. The lowest BCUT2D eigenvalue weighted by Gasteiger charge is -2.21. The Morgan fingerprint density at radius 1 is 1.30 bits per heavy atom. The third kappa shape index (κ3) is 2.85. The van der Waals surface area contributed by atoms with Crippen LogP contribution >= 0.6 is 15.9 Å². The Bertz CT molecular complexity index is 613. The minimum atomic E-state index is -0.0775. The molecule has 0 radical (unpaired) electrons. The molecule has 2 aromatic rings. The SMILES string of the molecule is CCNc1nc(-c2nccn2C)nc(C(C)(C)C)c1Br. The normalized spacial score (nSPS) is 11.7. The van der Waals surface area contributed by atoms with Gasteiger partial charge in [-0.15, -0.1) is 0 Å². The van der Waals surface area contributed by atoms with E-state index in [1.54, 1.807) is 6.20 Å². The van der Waals surface area contributed by atoms with Crippen molar-refractivity contribution in [1.29, 1.82) is 0 Å². The summed E-state index contributed by atoms with van der Waals surface area (Å²) in [5.74, 6) is 2.22. The van der Waals surface area contributed by atoms with Gasteiger partial charge in [-0.25, -0.2) is 15.0 Å². The smallest absolute Gasteiger partial charge is 0.198 e. The zero-order valence-corrected chi connectivity index (χ0v) is 14.1. The average Bonchev–Trinajstić information content (AvgIpc) is 2.77. The Labute approximate surface area is 128 Å². The lowest BCUT2D eigenvalue weighted by atomic mass is 9.92. The van der Waals surface area contributed by atoms with Crippen molar-refractivity contribution in [3.05, 3.63) is 22.6 Å². The summed E-state index contributed by atoms with van der Waals surface area (Å²) < 4.78 is 2.84. The van der Waals surface area contributed by atoms with E-state index in [1.165, 1.54) is 0 Å². The third-order valence-corrected chi connectivity index (χ3v) is 3.68. The van der Waals surface area contributed by atoms with Gasteiger partial charge in [-0.1, -0.05) is 20.8 Å². The number of nitrogens with zero attached hydrogens (tertiary/aromatic N) is 4. The van der Waals surface area contributed by atoms with E-state index in [1.807, 2.05) is 24.7 Å². The summed E-state index contributed by atoms with van der Waals surface area (Å²) in [5.41, 5.74) is 0.896. The molecule has 0 spiro atoms. The van der Waals surface area contributed by atoms with E-state index < -0.39 is 0 Å². The van der Waals surface area contributed by atoms with Crippen molar-refractivity contribution >= 4 is 21.7 Å². The van der Waals surface area contributed by atoms with Crippen molar-refractivity contribution in [2.45, 2.75) is 33.1 Å². The van der Waals surface area contributed by atoms with E-state index in [-0.39, 0.29) is 5.41 Å². The van der Waals surface area contributed by atoms with Crippen LogP contribution in [0.3, 0.4) is 0 Å². The summed E-state index contributed by atoms with van der Waals surface area (Å²) in [6.45, 7) is 9.26. The van der Waals surface area contributed by atoms with Gasteiger partial charge in [-0.05, 0) is 22.9 Å². The number of hydrogen-bond acceptors (Lipinski definition) is 4. The van der Waals surface area contributed by atoms with Crippen LogP contribution in [0.5, 0.6) is 0 Å². The quantitative estimate of drug-likeness (QED) is 0.932. The second kappa shape index (κ2) is 5.52. The van der Waals surface area contributed by atoms with E-state index in [4.69, 9.17) is 4.98 Å². The fourth-order valence-corrected chi connectivity index (χ4v) is 2.82. The highest BCUT2D eigenvalue weighted by atomic mass is 79.9. The number of anilines is 1. The maximum atomic E-state index is 4.71. The first-order valence-electron chi connectivity index (χ1n) is 6.64. The van der Waals surface area contributed by atoms with Crippen molar-refractivity contribution in [1.82, 2.24) is 19.5 Å². The molecule has 0 aromatic carbocycles. The lowest BCUT2D eigenvalue weighted by Crippen LogP contribution is -2.18. The Hall–Kier alpha value is -1.43. The van der Waals surface area contributed by atoms with Gasteiger partial charge in [0, 0.05) is 31.4 Å². The van der Waals surface area contributed by atoms with Gasteiger partial charge in [0.25, 0.3) is 0 Å². The molecule has 2 aromatic heterocycles. The van der Waals surface area contributed by atoms with Crippen LogP contribution in [0, 0.1) is 0 Å². The molecule has 0 unspecified atom stereocenters. The summed E-state index contributed by atoms with van der Waals surface area (Å²) in [6, 6.07) is 0. The van der Waals surface area contributed by atoms with Crippen LogP contribution in [0.2, 0.25) is 0 Å². The van der Waals surface area contributed by atoms with E-state index in [0.717, 1.165) is 28.4 Å². The Balaban J connectivity index is 2.65. The molecular weight excluding hydrogens is 318 g/mol. The molecule has 0 aliphatic heterocycles. The van der Waals surface area contributed by atoms with Gasteiger partial charge < -0.3 is 9.88 Å². The molecular formula is C14H20BrN5. The van der Waals surface area contributed by atoms with Crippen molar-refractivity contribution in [2.24, 2.45) is 7.05 Å². The number of aryl methyl sites for hydroxylation is 1. The monoisotopic (exact) mass is 337 g/mol. The molecule has 5 nitrogen and oxygen atoms in total. The molecule has 0 bridgehead atoms. The molecule has 1 N–H and O–H groups in total. The van der Waals surface area contributed by atoms with Gasteiger partial charge in [0.15, 0.2) is 11.6 Å². The van der Waals surface area contributed by atoms with Crippen LogP contribution in [0.25, 0.3) is 11.6 Å². The van der Waals surface area contributed by atoms with Crippen LogP contribution in [0.1, 0.15) is 33.4 Å². The Morgan fingerprint density at radius 2 is 2.00 bits per heavy atom. The molecule has 0 aliphatic rings. The highest BCUT2D eigenvalue weighted by molar-refractivity contribution is 9.10. The molecule has 0 amide bonds. The minimum absolute atomic E-state index is 0.0775. The molecule has 0 saturated heterocycles. The summed E-state index contributed by atoms with van der Waals surface area (Å²) in [6.07, 6.45) is 3.65. The minimum Gasteiger partial charge on any atom is -0.369 e. The highest BCUT2D eigenvalue weighted by Gasteiger charge is 2.24. The largest absolute Gasteiger partial charge is 0.369 e. The lowest BCUT2D eigenvalue weighted by molar-refractivity contribution is 0.564. The number of halogens is 1. The molecule has 6 heteroatoms. The summed E-state index contributed by atoms with van der Waals surface area (Å²) in [5, 5.41) is 3.28. The number of rotatable bonds is 3. The second-order valence-corrected chi connectivity index (χ2v) is 6.49. The van der Waals surface area contributed by atoms with Gasteiger partial charge in [-0.2, -0.15) is 0 Å². The molecule has 2 rings (SSSR count). The van der Waals surface area contributed by atoms with E-state index >= 15 is 0 Å². The number of aromatic nitrogens is 4. The number of imidazole rings is 1. The predicted octanol–water partition coefficient (Wildman–Crippen LogP) is 3.37. The Kier molecular flexibility index (Phi) is 4.13. The van der Waals surface area contributed by atoms with Gasteiger partial charge in [0.1, 0.15) is 5.82 Å². The van der Waals surface area contributed by atoms with Crippen LogP contribution in [0.15, 0.2) is 16.9 Å². The summed E-state index contributed by atoms with van der Waals surface area (Å²) in [4.78, 5) is 13.6. The molecule has 2 heterocycles. The van der Waals surface area contributed by atoms with E-state index in [2.05, 4.69) is 52.0 Å². The first-order valence-corrected chi connectivity index (χ1v) is 7.43. The maximum Gasteiger partial charge on any atom is 0.198 e. The fourth-order valence-electron chi connectivity index (χ4n) is 1.91. The highest BCUT2D eigenvalue weighted by Crippen LogP contribution is 2.34. The second-order valence-electron chi connectivity index (χ2n) is 5.70. The molecule has 108 valence electrons. The van der Waals surface area contributed by atoms with Crippen molar-refractivity contribution < 1.29 is 0 Å². The van der Waals surface area contributed by atoms with Crippen LogP contribution in [-0.2, 0) is 12.5 Å². The first kappa shape index (κ1) is 15.0. The standard InChI is InChI=1S/C14H20BrN5/c1-6-16-11-9(15)10(14(2,3)4)18-12(19-11)13-17-7-8-20(13)5/h7-8H,6H2,1-5H3,(H,16,18,19). The Morgan fingerprint density at radius 3 is 2.50 bits per heavy atom. The van der Waals surface area contributed by atoms with Crippen LogP contribution in [0.4, 0.5) is 5.82 Å². The number of hydrogen-bond donors (Lipinski definition) is 1. The zero-order valence-electron chi connectivity index (χ0n) is 12.5. The molecule has 0 aliphatic carbocycles. The van der Waals surface area contributed by atoms with E-state index in [9.17, 15) is 0 Å². The van der Waals surface area contributed by atoms with Crippen molar-refractivity contribution in [3.8, 4) is 11.6 Å². The summed E-state index contributed by atoms with van der Waals surface area (Å²) in [7, 11) is 1.94. The van der Waals surface area contributed by atoms with Gasteiger partial charge in [0.05, 0.1) is 10.2 Å². The van der Waals surface area contributed by atoms with Crippen molar-refractivity contribution in [2.75, 3.05) is 11.9 Å². The average molecular weight is 338 g/mol. The van der Waals surface area contributed by atoms with Gasteiger partial charge in [0.2, 0.25) is 0 Å². The first-order chi connectivity index (χ1) is 9.34. The maximum absolute atomic E-state index is 4.71. The number of nitrogens with one attached hydrogen (secondary N) is 1. The topological polar surface area (TPSA) is 55.6 Å². The molecule has 0 saturated carbocycles.